The first kappa shape index (κ1) is 19.0. The van der Waals surface area contributed by atoms with Crippen molar-refractivity contribution in [2.45, 2.75) is 4.90 Å². The van der Waals surface area contributed by atoms with Gasteiger partial charge in [0.1, 0.15) is 22.8 Å². The second-order valence-electron chi connectivity index (χ2n) is 5.13. The van der Waals surface area contributed by atoms with Crippen molar-refractivity contribution >= 4 is 41.9 Å². The van der Waals surface area contributed by atoms with Gasteiger partial charge in [-0.15, -0.1) is 0 Å². The van der Waals surface area contributed by atoms with Gasteiger partial charge in [-0.25, -0.2) is 31.7 Å². The van der Waals surface area contributed by atoms with Crippen LogP contribution < -0.4 is 10.9 Å². The molecule has 0 saturated carbocycles. The lowest BCUT2D eigenvalue weighted by Crippen LogP contribution is -2.16. The van der Waals surface area contributed by atoms with Crippen molar-refractivity contribution in [2.24, 2.45) is 5.14 Å². The standard InChI is InChI=1S/C15H8Br2F2N2O4S/c16-9-2-1-7(3-10(9)17)21-13(6-25-15(21)22)8-4-12(19)14(5-11(8)18)26(20,23)24/h1-6H,(H2,20,23,24). The Morgan fingerprint density at radius 3 is 2.35 bits per heavy atom. The lowest BCUT2D eigenvalue weighted by atomic mass is 10.1. The van der Waals surface area contributed by atoms with Gasteiger partial charge in [-0.05, 0) is 62.2 Å². The number of nitrogens with two attached hydrogens (primary N) is 1. The minimum absolute atomic E-state index is 0.0957. The van der Waals surface area contributed by atoms with Gasteiger partial charge in [-0.3, -0.25) is 0 Å². The van der Waals surface area contributed by atoms with E-state index in [0.29, 0.717) is 26.8 Å². The summed E-state index contributed by atoms with van der Waals surface area (Å²) in [5.74, 6) is -3.16. The zero-order valence-corrected chi connectivity index (χ0v) is 16.5. The van der Waals surface area contributed by atoms with Gasteiger partial charge in [0.05, 0.1) is 11.4 Å². The van der Waals surface area contributed by atoms with E-state index in [1.165, 1.54) is 0 Å². The van der Waals surface area contributed by atoms with Crippen LogP contribution >= 0.6 is 31.9 Å². The number of hydrogen-bond acceptors (Lipinski definition) is 4. The Morgan fingerprint density at radius 2 is 1.73 bits per heavy atom. The van der Waals surface area contributed by atoms with Crippen LogP contribution in [-0.2, 0) is 10.0 Å². The molecular formula is C15H8Br2F2N2O4S. The first-order valence-corrected chi connectivity index (χ1v) is 9.91. The van der Waals surface area contributed by atoms with Crippen molar-refractivity contribution in [3.05, 3.63) is 67.7 Å². The molecule has 0 aliphatic heterocycles. The predicted molar refractivity (Wildman–Crippen MR) is 96.4 cm³/mol. The summed E-state index contributed by atoms with van der Waals surface area (Å²) in [5, 5.41) is 4.85. The topological polar surface area (TPSA) is 95.3 Å². The highest BCUT2D eigenvalue weighted by molar-refractivity contribution is 9.13. The fraction of sp³-hybridized carbons (Fsp3) is 0. The molecule has 3 rings (SSSR count). The fourth-order valence-corrected chi connectivity index (χ4v) is 3.52. The van der Waals surface area contributed by atoms with Crippen LogP contribution in [0.2, 0.25) is 0 Å². The van der Waals surface area contributed by atoms with Gasteiger partial charge in [-0.2, -0.15) is 0 Å². The summed E-state index contributed by atoms with van der Waals surface area (Å²) in [6.07, 6.45) is 0.951. The molecular weight excluding hydrogens is 502 g/mol. The third-order valence-corrected chi connectivity index (χ3v) is 6.27. The van der Waals surface area contributed by atoms with Crippen LogP contribution in [0.1, 0.15) is 0 Å². The van der Waals surface area contributed by atoms with Gasteiger partial charge >= 0.3 is 5.76 Å². The Morgan fingerprint density at radius 1 is 1.04 bits per heavy atom. The number of nitrogens with zero attached hydrogens (tertiary/aromatic N) is 1. The van der Waals surface area contributed by atoms with Crippen LogP contribution in [-0.4, -0.2) is 13.0 Å². The number of hydrogen-bond donors (Lipinski definition) is 1. The van der Waals surface area contributed by atoms with E-state index in [1.807, 2.05) is 0 Å². The van der Waals surface area contributed by atoms with Crippen molar-refractivity contribution in [3.63, 3.8) is 0 Å². The van der Waals surface area contributed by atoms with Crippen LogP contribution in [0.5, 0.6) is 0 Å². The SMILES string of the molecule is NS(=O)(=O)c1cc(F)c(-c2coc(=O)n2-c2ccc(Br)c(Br)c2)cc1F. The third-order valence-electron chi connectivity index (χ3n) is 3.46. The minimum Gasteiger partial charge on any atom is -0.415 e. The highest BCUT2D eigenvalue weighted by Crippen LogP contribution is 2.30. The molecule has 0 fully saturated rings. The Kier molecular flexibility index (Phi) is 4.90. The Balaban J connectivity index is 2.26. The molecule has 0 amide bonds. The lowest BCUT2D eigenvalue weighted by molar-refractivity contribution is 0.504. The summed E-state index contributed by atoms with van der Waals surface area (Å²) in [6, 6.07) is 5.87. The zero-order chi connectivity index (χ0) is 19.2. The summed E-state index contributed by atoms with van der Waals surface area (Å²) in [6.45, 7) is 0. The van der Waals surface area contributed by atoms with Crippen LogP contribution in [0.4, 0.5) is 8.78 Å². The van der Waals surface area contributed by atoms with E-state index < -0.39 is 32.3 Å². The van der Waals surface area contributed by atoms with Crippen LogP contribution in [0, 0.1) is 11.6 Å². The minimum atomic E-state index is -4.44. The van der Waals surface area contributed by atoms with E-state index in [0.717, 1.165) is 10.8 Å². The number of sulfonamides is 1. The number of oxazole rings is 1. The second kappa shape index (κ2) is 6.72. The van der Waals surface area contributed by atoms with Crippen LogP contribution in [0.3, 0.4) is 0 Å². The number of primary sulfonamides is 1. The normalized spacial score (nSPS) is 11.7. The number of rotatable bonds is 3. The summed E-state index contributed by atoms with van der Waals surface area (Å²) in [4.78, 5) is 11.1. The van der Waals surface area contributed by atoms with Gasteiger partial charge < -0.3 is 4.42 Å². The molecule has 0 saturated heterocycles. The van der Waals surface area contributed by atoms with E-state index in [-0.39, 0.29) is 11.3 Å². The Bertz CT molecular complexity index is 1190. The van der Waals surface area contributed by atoms with E-state index in [1.54, 1.807) is 18.2 Å². The summed E-state index contributed by atoms with van der Waals surface area (Å²) in [7, 11) is -4.44. The van der Waals surface area contributed by atoms with Gasteiger partial charge in [0.25, 0.3) is 0 Å². The Hall–Kier alpha value is -1.82. The quantitative estimate of drug-likeness (QED) is 0.584. The van der Waals surface area contributed by atoms with Gasteiger partial charge in [0.2, 0.25) is 10.0 Å². The van der Waals surface area contributed by atoms with Crippen molar-refractivity contribution in [1.29, 1.82) is 0 Å². The average Bonchev–Trinajstić information content (AvgIpc) is 2.92. The maximum Gasteiger partial charge on any atom is 0.424 e. The van der Waals surface area contributed by atoms with Crippen molar-refractivity contribution < 1.29 is 21.6 Å². The van der Waals surface area contributed by atoms with Crippen LogP contribution in [0.25, 0.3) is 16.9 Å². The summed E-state index contributed by atoms with van der Waals surface area (Å²) < 4.78 is 58.3. The fourth-order valence-electron chi connectivity index (χ4n) is 2.31. The molecule has 1 heterocycles. The maximum atomic E-state index is 14.4. The highest BCUT2D eigenvalue weighted by atomic mass is 79.9. The molecule has 26 heavy (non-hydrogen) atoms. The Labute approximate surface area is 162 Å². The maximum absolute atomic E-state index is 14.4. The predicted octanol–water partition coefficient (Wildman–Crippen LogP) is 3.55. The monoisotopic (exact) mass is 508 g/mol. The summed E-state index contributed by atoms with van der Waals surface area (Å²) >= 11 is 6.57. The second-order valence-corrected chi connectivity index (χ2v) is 8.37. The van der Waals surface area contributed by atoms with E-state index in [4.69, 9.17) is 9.56 Å². The molecule has 11 heteroatoms. The largest absolute Gasteiger partial charge is 0.424 e. The average molecular weight is 510 g/mol. The number of benzene rings is 2. The molecule has 2 N–H and O–H groups in total. The molecule has 0 atom stereocenters. The molecule has 3 aromatic rings. The molecule has 0 aliphatic rings. The molecule has 1 aromatic heterocycles. The number of aromatic nitrogens is 1. The third kappa shape index (κ3) is 3.39. The molecule has 0 radical (unpaired) electrons. The van der Waals surface area contributed by atoms with Crippen LogP contribution in [0.15, 0.2) is 59.6 Å². The van der Waals surface area contributed by atoms with Crippen molar-refractivity contribution in [2.75, 3.05) is 0 Å². The van der Waals surface area contributed by atoms with Gasteiger partial charge in [0.15, 0.2) is 0 Å². The van der Waals surface area contributed by atoms with Gasteiger partial charge in [0, 0.05) is 14.5 Å². The van der Waals surface area contributed by atoms with Gasteiger partial charge in [-0.1, -0.05) is 0 Å². The first-order chi connectivity index (χ1) is 12.1. The molecule has 0 spiro atoms. The van der Waals surface area contributed by atoms with E-state index >= 15 is 0 Å². The number of halogens is 4. The van der Waals surface area contributed by atoms with Crippen molar-refractivity contribution in [3.8, 4) is 16.9 Å². The molecule has 0 unspecified atom stereocenters. The molecule has 0 aliphatic carbocycles. The van der Waals surface area contributed by atoms with E-state index in [9.17, 15) is 22.0 Å². The smallest absolute Gasteiger partial charge is 0.415 e. The first-order valence-electron chi connectivity index (χ1n) is 6.78. The van der Waals surface area contributed by atoms with E-state index in [2.05, 4.69) is 31.9 Å². The lowest BCUT2D eigenvalue weighted by Gasteiger charge is -2.10. The summed E-state index contributed by atoms with van der Waals surface area (Å²) in [5.41, 5.74) is -0.134. The molecule has 136 valence electrons. The highest BCUT2D eigenvalue weighted by Gasteiger charge is 2.22. The molecule has 6 nitrogen and oxygen atoms in total. The van der Waals surface area contributed by atoms with Crippen molar-refractivity contribution in [1.82, 2.24) is 4.57 Å². The zero-order valence-electron chi connectivity index (χ0n) is 12.5. The molecule has 0 bridgehead atoms. The molecule has 2 aromatic carbocycles.